The van der Waals surface area contributed by atoms with E-state index in [9.17, 15) is 0 Å². The Bertz CT molecular complexity index is 444. The first-order chi connectivity index (χ1) is 6.75. The van der Waals surface area contributed by atoms with Crippen LogP contribution >= 0.6 is 43.2 Å². The van der Waals surface area contributed by atoms with Gasteiger partial charge in [0.15, 0.2) is 0 Å². The lowest BCUT2D eigenvalue weighted by Crippen LogP contribution is -1.83. The second-order valence-corrected chi connectivity index (χ2v) is 4.96. The highest BCUT2D eigenvalue weighted by Gasteiger charge is 2.04. The number of thiazole rings is 1. The van der Waals surface area contributed by atoms with E-state index in [2.05, 4.69) is 36.8 Å². The van der Waals surface area contributed by atoms with E-state index < -0.39 is 0 Å². The molecule has 1 aromatic carbocycles. The maximum Gasteiger partial charge on any atom is 0.279 e. The van der Waals surface area contributed by atoms with Crippen LogP contribution in [-0.4, -0.2) is 4.98 Å². The van der Waals surface area contributed by atoms with Gasteiger partial charge in [0.2, 0.25) is 0 Å². The van der Waals surface area contributed by atoms with Crippen LogP contribution in [0.3, 0.4) is 0 Å². The molecule has 0 aliphatic rings. The van der Waals surface area contributed by atoms with Crippen molar-refractivity contribution in [3.05, 3.63) is 38.7 Å². The highest BCUT2D eigenvalue weighted by Crippen LogP contribution is 2.31. The summed E-state index contributed by atoms with van der Waals surface area (Å²) in [6.45, 7) is 0. The van der Waals surface area contributed by atoms with E-state index in [1.54, 1.807) is 0 Å². The first-order valence-electron chi connectivity index (χ1n) is 3.79. The van der Waals surface area contributed by atoms with Gasteiger partial charge in [0.05, 0.1) is 4.47 Å². The van der Waals surface area contributed by atoms with Crippen molar-refractivity contribution in [1.82, 2.24) is 4.98 Å². The van der Waals surface area contributed by atoms with Crippen molar-refractivity contribution in [2.75, 3.05) is 0 Å². The Hall–Kier alpha value is -0.390. The molecule has 1 heterocycles. The van der Waals surface area contributed by atoms with Crippen LogP contribution in [0.4, 0.5) is 0 Å². The fourth-order valence-electron chi connectivity index (χ4n) is 0.907. The molecule has 0 aliphatic carbocycles. The molecule has 14 heavy (non-hydrogen) atoms. The van der Waals surface area contributed by atoms with Crippen molar-refractivity contribution in [3.63, 3.8) is 0 Å². The van der Waals surface area contributed by atoms with Gasteiger partial charge in [-0.1, -0.05) is 23.5 Å². The first kappa shape index (κ1) is 10.1. The van der Waals surface area contributed by atoms with Crippen LogP contribution in [0.25, 0.3) is 0 Å². The summed E-state index contributed by atoms with van der Waals surface area (Å²) in [7, 11) is 0. The summed E-state index contributed by atoms with van der Waals surface area (Å²) < 4.78 is 7.28. The van der Waals surface area contributed by atoms with Crippen LogP contribution < -0.4 is 4.74 Å². The predicted molar refractivity (Wildman–Crippen MR) is 64.0 cm³/mol. The van der Waals surface area contributed by atoms with Gasteiger partial charge >= 0.3 is 0 Å². The van der Waals surface area contributed by atoms with Crippen LogP contribution in [0, 0.1) is 0 Å². The van der Waals surface area contributed by atoms with E-state index in [4.69, 9.17) is 4.74 Å². The number of hydrogen-bond donors (Lipinski definition) is 0. The van der Waals surface area contributed by atoms with Gasteiger partial charge in [-0.3, -0.25) is 0 Å². The van der Waals surface area contributed by atoms with Crippen molar-refractivity contribution in [3.8, 4) is 10.9 Å². The van der Waals surface area contributed by atoms with Gasteiger partial charge in [0.25, 0.3) is 5.19 Å². The SMILES string of the molecule is Brc1csc(Oc2ccccc2Br)n1. The Morgan fingerprint density at radius 3 is 2.64 bits per heavy atom. The van der Waals surface area contributed by atoms with Crippen LogP contribution in [0.2, 0.25) is 0 Å². The average molecular weight is 335 g/mol. The summed E-state index contributed by atoms with van der Waals surface area (Å²) in [4.78, 5) is 4.14. The normalized spacial score (nSPS) is 10.1. The Balaban J connectivity index is 2.23. The minimum Gasteiger partial charge on any atom is -0.430 e. The number of para-hydroxylation sites is 1. The van der Waals surface area contributed by atoms with Gasteiger partial charge in [-0.05, 0) is 44.0 Å². The highest BCUT2D eigenvalue weighted by molar-refractivity contribution is 9.10. The number of hydrogen-bond acceptors (Lipinski definition) is 3. The van der Waals surface area contributed by atoms with Crippen molar-refractivity contribution in [2.24, 2.45) is 0 Å². The molecular weight excluding hydrogens is 330 g/mol. The van der Waals surface area contributed by atoms with Gasteiger partial charge in [0, 0.05) is 5.38 Å². The topological polar surface area (TPSA) is 22.1 Å². The summed E-state index contributed by atoms with van der Waals surface area (Å²) >= 11 is 8.12. The van der Waals surface area contributed by atoms with Crippen LogP contribution in [0.15, 0.2) is 38.7 Å². The smallest absolute Gasteiger partial charge is 0.279 e. The van der Waals surface area contributed by atoms with Gasteiger partial charge < -0.3 is 4.74 Å². The molecule has 0 spiro atoms. The number of halogens is 2. The number of benzene rings is 1. The van der Waals surface area contributed by atoms with Crippen molar-refractivity contribution < 1.29 is 4.74 Å². The van der Waals surface area contributed by atoms with Crippen LogP contribution in [-0.2, 0) is 0 Å². The Morgan fingerprint density at radius 1 is 1.21 bits per heavy atom. The quantitative estimate of drug-likeness (QED) is 0.808. The molecule has 5 heteroatoms. The maximum absolute atomic E-state index is 5.56. The van der Waals surface area contributed by atoms with Crippen molar-refractivity contribution >= 4 is 43.2 Å². The molecule has 2 nitrogen and oxygen atoms in total. The molecule has 0 saturated heterocycles. The molecule has 0 radical (unpaired) electrons. The van der Waals surface area contributed by atoms with E-state index in [0.717, 1.165) is 14.8 Å². The van der Waals surface area contributed by atoms with Gasteiger partial charge in [-0.15, -0.1) is 0 Å². The second-order valence-electron chi connectivity index (χ2n) is 2.47. The van der Waals surface area contributed by atoms with E-state index in [1.807, 2.05) is 29.6 Å². The molecule has 0 bridgehead atoms. The average Bonchev–Trinajstić information content (AvgIpc) is 2.56. The summed E-state index contributed by atoms with van der Waals surface area (Å²) in [5, 5.41) is 2.51. The van der Waals surface area contributed by atoms with E-state index in [-0.39, 0.29) is 0 Å². The molecule has 0 atom stereocenters. The predicted octanol–water partition coefficient (Wildman–Crippen LogP) is 4.46. The van der Waals surface area contributed by atoms with Gasteiger partial charge in [-0.25, -0.2) is 0 Å². The van der Waals surface area contributed by atoms with E-state index in [1.165, 1.54) is 11.3 Å². The Labute approximate surface area is 102 Å². The molecule has 1 aromatic heterocycles. The largest absolute Gasteiger partial charge is 0.430 e. The molecule has 2 aromatic rings. The third-order valence-corrected chi connectivity index (χ3v) is 3.57. The maximum atomic E-state index is 5.56. The zero-order valence-corrected chi connectivity index (χ0v) is 10.9. The van der Waals surface area contributed by atoms with Crippen molar-refractivity contribution in [2.45, 2.75) is 0 Å². The van der Waals surface area contributed by atoms with E-state index >= 15 is 0 Å². The van der Waals surface area contributed by atoms with Crippen LogP contribution in [0.1, 0.15) is 0 Å². The molecule has 0 amide bonds. The highest BCUT2D eigenvalue weighted by atomic mass is 79.9. The van der Waals surface area contributed by atoms with Crippen molar-refractivity contribution in [1.29, 1.82) is 0 Å². The van der Waals surface area contributed by atoms with Crippen LogP contribution in [0.5, 0.6) is 10.9 Å². The zero-order valence-electron chi connectivity index (χ0n) is 6.91. The molecule has 0 N–H and O–H groups in total. The second kappa shape index (κ2) is 4.42. The number of aromatic nitrogens is 1. The lowest BCUT2D eigenvalue weighted by atomic mass is 10.3. The van der Waals surface area contributed by atoms with Gasteiger partial charge in [-0.2, -0.15) is 4.98 Å². The summed E-state index contributed by atoms with van der Waals surface area (Å²) in [6.07, 6.45) is 0. The Kier molecular flexibility index (Phi) is 3.20. The minimum atomic E-state index is 0.628. The summed E-state index contributed by atoms with van der Waals surface area (Å²) in [6, 6.07) is 7.68. The lowest BCUT2D eigenvalue weighted by molar-refractivity contribution is 0.475. The molecule has 0 fully saturated rings. The minimum absolute atomic E-state index is 0.628. The number of ether oxygens (including phenoxy) is 1. The third kappa shape index (κ3) is 2.34. The summed E-state index contributed by atoms with van der Waals surface area (Å²) in [5.41, 5.74) is 0. The molecule has 0 unspecified atom stereocenters. The Morgan fingerprint density at radius 2 is 2.00 bits per heavy atom. The number of nitrogens with zero attached hydrogens (tertiary/aromatic N) is 1. The number of rotatable bonds is 2. The zero-order chi connectivity index (χ0) is 9.97. The van der Waals surface area contributed by atoms with E-state index in [0.29, 0.717) is 5.19 Å². The third-order valence-electron chi connectivity index (χ3n) is 1.49. The molecule has 0 aliphatic heterocycles. The lowest BCUT2D eigenvalue weighted by Gasteiger charge is -2.02. The molecule has 0 saturated carbocycles. The molecular formula is C9H5Br2NOS. The standard InChI is InChI=1S/C9H5Br2NOS/c10-6-3-1-2-4-7(6)13-9-12-8(11)5-14-9/h1-5H. The summed E-state index contributed by atoms with van der Waals surface area (Å²) in [5.74, 6) is 0.773. The molecule has 72 valence electrons. The first-order valence-corrected chi connectivity index (χ1v) is 6.25. The monoisotopic (exact) mass is 333 g/mol. The fourth-order valence-corrected chi connectivity index (χ4v) is 2.37. The fraction of sp³-hybridized carbons (Fsp3) is 0. The molecule has 2 rings (SSSR count). The van der Waals surface area contributed by atoms with Gasteiger partial charge in [0.1, 0.15) is 10.4 Å².